The van der Waals surface area contributed by atoms with E-state index in [2.05, 4.69) is 15.4 Å². The predicted octanol–water partition coefficient (Wildman–Crippen LogP) is 3.49. The van der Waals surface area contributed by atoms with E-state index in [0.717, 1.165) is 53.3 Å². The summed E-state index contributed by atoms with van der Waals surface area (Å²) in [7, 11) is 1.96. The van der Waals surface area contributed by atoms with Gasteiger partial charge in [0.1, 0.15) is 6.10 Å². The second-order valence-corrected chi connectivity index (χ2v) is 6.93. The number of hydrogen-bond acceptors (Lipinski definition) is 4. The first-order chi connectivity index (χ1) is 12.2. The topological polar surface area (TPSA) is 52.0 Å². The van der Waals surface area contributed by atoms with Gasteiger partial charge in [0, 0.05) is 55.5 Å². The number of rotatable bonds is 5. The first kappa shape index (κ1) is 16.5. The van der Waals surface area contributed by atoms with Crippen LogP contribution in [0.15, 0.2) is 42.7 Å². The molecule has 2 aromatic heterocycles. The number of ether oxygens (including phenoxy) is 1. The van der Waals surface area contributed by atoms with Gasteiger partial charge in [0.25, 0.3) is 0 Å². The molecule has 1 N–H and O–H groups in total. The third-order valence-electron chi connectivity index (χ3n) is 4.84. The molecule has 0 aliphatic carbocycles. The minimum atomic E-state index is 0.106. The number of benzene rings is 1. The van der Waals surface area contributed by atoms with Crippen LogP contribution in [0.1, 0.15) is 23.8 Å². The molecule has 1 fully saturated rings. The van der Waals surface area contributed by atoms with Crippen LogP contribution in [0.25, 0.3) is 10.9 Å². The van der Waals surface area contributed by atoms with Gasteiger partial charge in [0.2, 0.25) is 0 Å². The van der Waals surface area contributed by atoms with Crippen molar-refractivity contribution in [2.24, 2.45) is 13.0 Å². The Hall–Kier alpha value is -1.95. The summed E-state index contributed by atoms with van der Waals surface area (Å²) >= 11 is 6.25. The highest BCUT2D eigenvalue weighted by atomic mass is 35.5. The van der Waals surface area contributed by atoms with E-state index in [-0.39, 0.29) is 6.10 Å². The number of nitrogens with zero attached hydrogens (tertiary/aromatic N) is 3. The first-order valence-electron chi connectivity index (χ1n) is 8.56. The lowest BCUT2D eigenvalue weighted by molar-refractivity contribution is 0.0838. The molecule has 0 bridgehead atoms. The summed E-state index contributed by atoms with van der Waals surface area (Å²) in [6.45, 7) is 2.42. The van der Waals surface area contributed by atoms with Gasteiger partial charge in [-0.25, -0.2) is 0 Å². The summed E-state index contributed by atoms with van der Waals surface area (Å²) in [5, 5.41) is 9.64. The van der Waals surface area contributed by atoms with Crippen LogP contribution in [0.5, 0.6) is 0 Å². The number of hydrogen-bond donors (Lipinski definition) is 1. The Balaban J connectivity index is 1.45. The fourth-order valence-corrected chi connectivity index (χ4v) is 3.84. The molecule has 3 aromatic rings. The third kappa shape index (κ3) is 3.40. The lowest BCUT2D eigenvalue weighted by Gasteiger charge is -2.19. The normalized spacial score (nSPS) is 20.4. The highest BCUT2D eigenvalue weighted by Crippen LogP contribution is 2.33. The number of pyridine rings is 1. The van der Waals surface area contributed by atoms with Crippen LogP contribution < -0.4 is 5.32 Å². The molecule has 2 atom stereocenters. The molecule has 0 spiro atoms. The predicted molar refractivity (Wildman–Crippen MR) is 98.5 cm³/mol. The lowest BCUT2D eigenvalue weighted by Crippen LogP contribution is -2.25. The van der Waals surface area contributed by atoms with E-state index in [1.807, 2.05) is 54.5 Å². The number of halogens is 1. The fraction of sp³-hybridized carbons (Fsp3) is 0.368. The summed E-state index contributed by atoms with van der Waals surface area (Å²) in [4.78, 5) is 4.50. The smallest absolute Gasteiger partial charge is 0.103 e. The molecule has 0 radical (unpaired) electrons. The number of nitrogens with one attached hydrogen (secondary N) is 1. The van der Waals surface area contributed by atoms with E-state index in [0.29, 0.717) is 5.92 Å². The Morgan fingerprint density at radius 1 is 1.32 bits per heavy atom. The van der Waals surface area contributed by atoms with Crippen molar-refractivity contribution in [2.45, 2.75) is 19.1 Å². The van der Waals surface area contributed by atoms with E-state index in [1.54, 1.807) is 0 Å². The van der Waals surface area contributed by atoms with E-state index >= 15 is 0 Å². The van der Waals surface area contributed by atoms with Crippen LogP contribution in [0.4, 0.5) is 0 Å². The molecule has 1 aromatic carbocycles. The molecule has 1 saturated heterocycles. The quantitative estimate of drug-likeness (QED) is 0.760. The van der Waals surface area contributed by atoms with Gasteiger partial charge in [-0.05, 0) is 36.2 Å². The average Bonchev–Trinajstić information content (AvgIpc) is 3.23. The maximum Gasteiger partial charge on any atom is 0.103 e. The molecule has 3 heterocycles. The summed E-state index contributed by atoms with van der Waals surface area (Å²) in [5.41, 5.74) is 3.27. The van der Waals surface area contributed by atoms with Gasteiger partial charge in [-0.3, -0.25) is 9.67 Å². The van der Waals surface area contributed by atoms with Crippen molar-refractivity contribution in [2.75, 3.05) is 13.2 Å². The summed E-state index contributed by atoms with van der Waals surface area (Å²) in [6, 6.07) is 9.97. The van der Waals surface area contributed by atoms with Crippen LogP contribution in [0, 0.1) is 5.92 Å². The van der Waals surface area contributed by atoms with E-state index < -0.39 is 0 Å². The molecular weight excluding hydrogens is 336 g/mol. The summed E-state index contributed by atoms with van der Waals surface area (Å²) in [5.74, 6) is 0.439. The minimum Gasteiger partial charge on any atom is -0.372 e. The van der Waals surface area contributed by atoms with Gasteiger partial charge < -0.3 is 10.1 Å². The zero-order valence-electron chi connectivity index (χ0n) is 14.2. The van der Waals surface area contributed by atoms with Crippen LogP contribution in [-0.4, -0.2) is 27.9 Å². The largest absolute Gasteiger partial charge is 0.372 e. The molecule has 0 saturated carbocycles. The van der Waals surface area contributed by atoms with Crippen molar-refractivity contribution in [1.82, 2.24) is 20.1 Å². The molecule has 1 aliphatic rings. The van der Waals surface area contributed by atoms with Crippen LogP contribution in [-0.2, 0) is 18.3 Å². The summed E-state index contributed by atoms with van der Waals surface area (Å²) < 4.78 is 7.85. The van der Waals surface area contributed by atoms with Crippen molar-refractivity contribution in [3.8, 4) is 0 Å². The molecular formula is C19H21ClN4O. The van der Waals surface area contributed by atoms with Crippen molar-refractivity contribution >= 4 is 22.5 Å². The molecule has 5 nitrogen and oxygen atoms in total. The maximum atomic E-state index is 6.25. The fourth-order valence-electron chi connectivity index (χ4n) is 3.59. The van der Waals surface area contributed by atoms with Gasteiger partial charge in [-0.1, -0.05) is 17.7 Å². The van der Waals surface area contributed by atoms with Crippen LogP contribution in [0.2, 0.25) is 5.02 Å². The SMILES string of the molecule is Cn1nccc1[C@@H]1OCC[C@H]1CNCc1cc(Cl)cc2cccnc12. The first-order valence-corrected chi connectivity index (χ1v) is 8.93. The minimum absolute atomic E-state index is 0.106. The summed E-state index contributed by atoms with van der Waals surface area (Å²) in [6.07, 6.45) is 4.81. The van der Waals surface area contributed by atoms with E-state index in [9.17, 15) is 0 Å². The zero-order chi connectivity index (χ0) is 17.2. The molecule has 0 unspecified atom stereocenters. The lowest BCUT2D eigenvalue weighted by atomic mass is 9.98. The number of aromatic nitrogens is 3. The Bertz CT molecular complexity index is 879. The highest BCUT2D eigenvalue weighted by molar-refractivity contribution is 6.31. The second-order valence-electron chi connectivity index (χ2n) is 6.49. The van der Waals surface area contributed by atoms with Crippen molar-refractivity contribution in [3.05, 3.63) is 59.0 Å². The molecule has 25 heavy (non-hydrogen) atoms. The molecule has 4 rings (SSSR count). The van der Waals surface area contributed by atoms with Gasteiger partial charge in [0.05, 0.1) is 11.2 Å². The third-order valence-corrected chi connectivity index (χ3v) is 5.05. The van der Waals surface area contributed by atoms with E-state index in [4.69, 9.17) is 16.3 Å². The number of fused-ring (bicyclic) bond motifs is 1. The highest BCUT2D eigenvalue weighted by Gasteiger charge is 2.31. The van der Waals surface area contributed by atoms with Gasteiger partial charge in [-0.15, -0.1) is 0 Å². The van der Waals surface area contributed by atoms with E-state index in [1.165, 1.54) is 0 Å². The van der Waals surface area contributed by atoms with Gasteiger partial charge >= 0.3 is 0 Å². The van der Waals surface area contributed by atoms with Gasteiger partial charge in [0.15, 0.2) is 0 Å². The number of aryl methyl sites for hydroxylation is 1. The standard InChI is InChI=1S/C19H21ClN4O/c1-24-17(4-7-23-24)19-14(5-8-25-19)11-21-12-15-10-16(20)9-13-3-2-6-22-18(13)15/h2-4,6-7,9-10,14,19,21H,5,8,11-12H2,1H3/t14-,19+/m0/s1. The van der Waals surface area contributed by atoms with Crippen molar-refractivity contribution < 1.29 is 4.74 Å². The monoisotopic (exact) mass is 356 g/mol. The Kier molecular flexibility index (Phi) is 4.70. The maximum absolute atomic E-state index is 6.25. The van der Waals surface area contributed by atoms with Crippen molar-refractivity contribution in [3.63, 3.8) is 0 Å². The average molecular weight is 357 g/mol. The Morgan fingerprint density at radius 2 is 2.24 bits per heavy atom. The van der Waals surface area contributed by atoms with Gasteiger partial charge in [-0.2, -0.15) is 5.10 Å². The molecule has 1 aliphatic heterocycles. The van der Waals surface area contributed by atoms with Crippen LogP contribution in [0.3, 0.4) is 0 Å². The molecule has 6 heteroatoms. The Morgan fingerprint density at radius 3 is 3.08 bits per heavy atom. The Labute approximate surface area is 152 Å². The van der Waals surface area contributed by atoms with Crippen molar-refractivity contribution in [1.29, 1.82) is 0 Å². The zero-order valence-corrected chi connectivity index (χ0v) is 14.9. The molecule has 0 amide bonds. The molecule has 130 valence electrons. The second kappa shape index (κ2) is 7.12. The van der Waals surface area contributed by atoms with Crippen LogP contribution >= 0.6 is 11.6 Å².